The number of aromatic carboxylic acids is 1. The summed E-state index contributed by atoms with van der Waals surface area (Å²) in [5.41, 5.74) is -3.28. The number of hydrogen-bond donors (Lipinski definition) is 1. The summed E-state index contributed by atoms with van der Waals surface area (Å²) < 4.78 is 107. The number of rotatable bonds is 6. The average Bonchev–Trinajstić information content (AvgIpc) is 2.76. The Morgan fingerprint density at radius 1 is 0.971 bits per heavy atom. The molecule has 0 aliphatic heterocycles. The number of anilines is 1. The van der Waals surface area contributed by atoms with Crippen molar-refractivity contribution in [3.8, 4) is 0 Å². The van der Waals surface area contributed by atoms with Crippen LogP contribution in [0.25, 0.3) is 0 Å². The van der Waals surface area contributed by atoms with Gasteiger partial charge in [0.25, 0.3) is 10.0 Å². The highest BCUT2D eigenvalue weighted by molar-refractivity contribution is 7.92. The Kier molecular flexibility index (Phi) is 7.04. The van der Waals surface area contributed by atoms with Crippen LogP contribution in [0.4, 0.5) is 32.2 Å². The zero-order valence-corrected chi connectivity index (χ0v) is 18.7. The molecule has 0 saturated heterocycles. The predicted octanol–water partition coefficient (Wildman–Crippen LogP) is 5.87. The van der Waals surface area contributed by atoms with Crippen LogP contribution in [0.1, 0.15) is 27.0 Å². The van der Waals surface area contributed by atoms with E-state index in [9.17, 15) is 39.6 Å². The fraction of sp³-hybridized carbons (Fsp3) is 0.143. The molecule has 6 nitrogen and oxygen atoms in total. The Morgan fingerprint density at radius 2 is 1.57 bits per heavy atom. The summed E-state index contributed by atoms with van der Waals surface area (Å²) in [6, 6.07) is 8.07. The first-order chi connectivity index (χ1) is 16.1. The van der Waals surface area contributed by atoms with Gasteiger partial charge in [0.1, 0.15) is 0 Å². The minimum absolute atomic E-state index is 0.274. The fourth-order valence-corrected chi connectivity index (χ4v) is 4.76. The molecular formula is C21H13ClF6N2O4S. The molecule has 0 bridgehead atoms. The molecule has 0 unspecified atom stereocenters. The van der Waals surface area contributed by atoms with Gasteiger partial charge in [0.2, 0.25) is 0 Å². The molecule has 0 fully saturated rings. The lowest BCUT2D eigenvalue weighted by Gasteiger charge is -2.26. The molecule has 0 atom stereocenters. The molecule has 1 heterocycles. The highest BCUT2D eigenvalue weighted by Crippen LogP contribution is 2.38. The van der Waals surface area contributed by atoms with Crippen LogP contribution >= 0.6 is 11.6 Å². The maximum atomic E-state index is 13.5. The summed E-state index contributed by atoms with van der Waals surface area (Å²) in [6.45, 7) is -0.989. The monoisotopic (exact) mass is 538 g/mol. The van der Waals surface area contributed by atoms with Crippen LogP contribution in [-0.4, -0.2) is 24.5 Å². The summed E-state index contributed by atoms with van der Waals surface area (Å²) in [4.78, 5) is 14.0. The van der Waals surface area contributed by atoms with Gasteiger partial charge in [-0.3, -0.25) is 0 Å². The van der Waals surface area contributed by atoms with E-state index < -0.39 is 67.3 Å². The average molecular weight is 539 g/mol. The summed E-state index contributed by atoms with van der Waals surface area (Å²) in [5, 5.41) is 8.23. The second-order valence-electron chi connectivity index (χ2n) is 7.02. The minimum Gasteiger partial charge on any atom is -0.478 e. The molecule has 1 N–H and O–H groups in total. The van der Waals surface area contributed by atoms with Gasteiger partial charge in [-0.25, -0.2) is 22.5 Å². The van der Waals surface area contributed by atoms with Crippen molar-refractivity contribution in [2.45, 2.75) is 23.8 Å². The van der Waals surface area contributed by atoms with Crippen LogP contribution in [0.3, 0.4) is 0 Å². The Hall–Kier alpha value is -3.32. The Labute approximate surface area is 199 Å². The van der Waals surface area contributed by atoms with E-state index in [1.54, 1.807) is 0 Å². The molecule has 14 heteroatoms. The molecule has 0 radical (unpaired) electrons. The molecule has 0 aliphatic carbocycles. The number of aromatic nitrogens is 1. The standard InChI is InChI=1S/C21H13ClF6N2O4S/c22-17-9-14(20(23,24)25)10-29-18(17)30(11-13-3-1-2-4-16(13)21(26,27)28)35(33,34)15-7-5-12(6-8-15)19(31)32/h1-10H,11H2,(H,31,32). The molecule has 0 spiro atoms. The molecule has 0 amide bonds. The molecular weight excluding hydrogens is 526 g/mol. The van der Waals surface area contributed by atoms with Crippen LogP contribution in [0.5, 0.6) is 0 Å². The van der Waals surface area contributed by atoms with Crippen LogP contribution in [0.2, 0.25) is 5.02 Å². The molecule has 35 heavy (non-hydrogen) atoms. The smallest absolute Gasteiger partial charge is 0.417 e. The van der Waals surface area contributed by atoms with E-state index in [1.807, 2.05) is 0 Å². The van der Waals surface area contributed by atoms with E-state index in [0.717, 1.165) is 36.4 Å². The molecule has 0 saturated carbocycles. The SMILES string of the molecule is O=C(O)c1ccc(S(=O)(=O)N(Cc2ccccc2C(F)(F)F)c2ncc(C(F)(F)F)cc2Cl)cc1. The normalized spacial score (nSPS) is 12.4. The minimum atomic E-state index is -4.87. The number of benzene rings is 2. The number of halogens is 7. The molecule has 3 rings (SSSR count). The first kappa shape index (κ1) is 26.3. The van der Waals surface area contributed by atoms with Crippen LogP contribution in [0.15, 0.2) is 65.7 Å². The summed E-state index contributed by atoms with van der Waals surface area (Å²) in [7, 11) is -4.78. The quantitative estimate of drug-likeness (QED) is 0.397. The molecule has 0 aliphatic rings. The zero-order valence-electron chi connectivity index (χ0n) is 17.1. The van der Waals surface area contributed by atoms with Crippen molar-refractivity contribution >= 4 is 33.4 Å². The first-order valence-electron chi connectivity index (χ1n) is 9.36. The Bertz CT molecular complexity index is 1360. The van der Waals surface area contributed by atoms with E-state index in [-0.39, 0.29) is 5.56 Å². The molecule has 1 aromatic heterocycles. The van der Waals surface area contributed by atoms with E-state index in [0.29, 0.717) is 22.6 Å². The number of hydrogen-bond acceptors (Lipinski definition) is 4. The number of carboxylic acids is 1. The summed E-state index contributed by atoms with van der Waals surface area (Å²) in [6.07, 6.45) is -9.44. The second-order valence-corrected chi connectivity index (χ2v) is 9.29. The third kappa shape index (κ3) is 5.68. The molecule has 2 aromatic carbocycles. The van der Waals surface area contributed by atoms with Crippen molar-refractivity contribution in [1.29, 1.82) is 0 Å². The number of carbonyl (C=O) groups is 1. The van der Waals surface area contributed by atoms with E-state index in [2.05, 4.69) is 4.98 Å². The molecule has 186 valence electrons. The number of carboxylic acid groups (broad SMARTS) is 1. The lowest BCUT2D eigenvalue weighted by Crippen LogP contribution is -2.32. The van der Waals surface area contributed by atoms with Crippen molar-refractivity contribution < 1.29 is 44.7 Å². The van der Waals surface area contributed by atoms with Crippen LogP contribution in [0, 0.1) is 0 Å². The molecule has 3 aromatic rings. The van der Waals surface area contributed by atoms with Crippen LogP contribution in [-0.2, 0) is 28.9 Å². The largest absolute Gasteiger partial charge is 0.478 e. The summed E-state index contributed by atoms with van der Waals surface area (Å²) >= 11 is 5.92. The van der Waals surface area contributed by atoms with Gasteiger partial charge in [0, 0.05) is 6.20 Å². The van der Waals surface area contributed by atoms with Gasteiger partial charge in [-0.2, -0.15) is 26.3 Å². The van der Waals surface area contributed by atoms with Crippen LogP contribution < -0.4 is 4.31 Å². The van der Waals surface area contributed by atoms with E-state index in [4.69, 9.17) is 16.7 Å². The van der Waals surface area contributed by atoms with E-state index in [1.165, 1.54) is 6.07 Å². The number of nitrogens with zero attached hydrogens (tertiary/aromatic N) is 2. The topological polar surface area (TPSA) is 87.6 Å². The van der Waals surface area contributed by atoms with Crippen molar-refractivity contribution in [3.63, 3.8) is 0 Å². The van der Waals surface area contributed by atoms with Gasteiger partial charge in [0.15, 0.2) is 5.82 Å². The van der Waals surface area contributed by atoms with Gasteiger partial charge in [-0.05, 0) is 42.0 Å². The van der Waals surface area contributed by atoms with E-state index >= 15 is 0 Å². The van der Waals surface area contributed by atoms with Crippen molar-refractivity contribution in [2.75, 3.05) is 4.31 Å². The van der Waals surface area contributed by atoms with Gasteiger partial charge in [-0.1, -0.05) is 29.8 Å². The van der Waals surface area contributed by atoms with Gasteiger partial charge in [-0.15, -0.1) is 0 Å². The number of pyridine rings is 1. The lowest BCUT2D eigenvalue weighted by atomic mass is 10.1. The number of sulfonamides is 1. The van der Waals surface area contributed by atoms with Crippen molar-refractivity contribution in [2.24, 2.45) is 0 Å². The maximum absolute atomic E-state index is 13.5. The predicted molar refractivity (Wildman–Crippen MR) is 112 cm³/mol. The third-order valence-electron chi connectivity index (χ3n) is 4.71. The van der Waals surface area contributed by atoms with Gasteiger partial charge in [0.05, 0.1) is 33.2 Å². The Morgan fingerprint density at radius 3 is 2.09 bits per heavy atom. The fourth-order valence-electron chi connectivity index (χ4n) is 3.03. The summed E-state index contributed by atoms with van der Waals surface area (Å²) in [5.74, 6) is -2.11. The first-order valence-corrected chi connectivity index (χ1v) is 11.2. The Balaban J connectivity index is 2.20. The highest BCUT2D eigenvalue weighted by Gasteiger charge is 2.37. The van der Waals surface area contributed by atoms with Crippen molar-refractivity contribution in [1.82, 2.24) is 4.98 Å². The maximum Gasteiger partial charge on any atom is 0.417 e. The zero-order chi connectivity index (χ0) is 26.2. The third-order valence-corrected chi connectivity index (χ3v) is 6.74. The highest BCUT2D eigenvalue weighted by atomic mass is 35.5. The van der Waals surface area contributed by atoms with Gasteiger partial charge < -0.3 is 5.11 Å². The lowest BCUT2D eigenvalue weighted by molar-refractivity contribution is -0.138. The number of alkyl halides is 6. The second kappa shape index (κ2) is 9.38. The van der Waals surface area contributed by atoms with Gasteiger partial charge >= 0.3 is 18.3 Å². The van der Waals surface area contributed by atoms with Crippen molar-refractivity contribution in [3.05, 3.63) is 88.1 Å².